The summed E-state index contributed by atoms with van der Waals surface area (Å²) >= 11 is 0. The Kier molecular flexibility index (Phi) is 7.45. The van der Waals surface area contributed by atoms with Crippen molar-refractivity contribution in [2.75, 3.05) is 32.7 Å². The Bertz CT molecular complexity index is 523. The molecule has 7 nitrogen and oxygen atoms in total. The molecule has 0 spiro atoms. The van der Waals surface area contributed by atoms with Crippen molar-refractivity contribution in [3.05, 3.63) is 24.3 Å². The Labute approximate surface area is 143 Å². The molecule has 1 aromatic heterocycles. The van der Waals surface area contributed by atoms with Gasteiger partial charge in [0.05, 0.1) is 6.20 Å². The van der Waals surface area contributed by atoms with Crippen molar-refractivity contribution >= 4 is 11.9 Å². The van der Waals surface area contributed by atoms with Crippen molar-refractivity contribution in [2.24, 2.45) is 0 Å². The normalized spacial score (nSPS) is 15.0. The third-order valence-corrected chi connectivity index (χ3v) is 4.16. The maximum absolute atomic E-state index is 12.4. The fraction of sp³-hybridized carbons (Fsp3) is 0.647. The van der Waals surface area contributed by atoms with Gasteiger partial charge in [0.2, 0.25) is 0 Å². The SMILES string of the molecule is CCCCCCNC(=O)N1CCCN(C(=O)c2cnccn2)CC1. The molecular formula is C17H27N5O2. The Morgan fingerprint density at radius 2 is 1.88 bits per heavy atom. The summed E-state index contributed by atoms with van der Waals surface area (Å²) in [5.74, 6) is -0.120. The summed E-state index contributed by atoms with van der Waals surface area (Å²) in [5.41, 5.74) is 0.353. The zero-order chi connectivity index (χ0) is 17.2. The number of hydrogen-bond donors (Lipinski definition) is 1. The predicted octanol–water partition coefficient (Wildman–Crippen LogP) is 1.91. The third kappa shape index (κ3) is 5.47. The molecule has 0 radical (unpaired) electrons. The summed E-state index contributed by atoms with van der Waals surface area (Å²) in [4.78, 5) is 36.2. The molecule has 0 atom stereocenters. The molecular weight excluding hydrogens is 306 g/mol. The van der Waals surface area contributed by atoms with E-state index in [4.69, 9.17) is 0 Å². The smallest absolute Gasteiger partial charge is 0.317 e. The summed E-state index contributed by atoms with van der Waals surface area (Å²) in [6, 6.07) is -0.0275. The summed E-state index contributed by atoms with van der Waals surface area (Å²) in [5, 5.41) is 2.98. The van der Waals surface area contributed by atoms with Gasteiger partial charge in [-0.1, -0.05) is 26.2 Å². The highest BCUT2D eigenvalue weighted by Crippen LogP contribution is 2.07. The predicted molar refractivity (Wildman–Crippen MR) is 91.7 cm³/mol. The number of nitrogens with one attached hydrogen (secondary N) is 1. The van der Waals surface area contributed by atoms with Crippen LogP contribution in [0.15, 0.2) is 18.6 Å². The number of amides is 3. The van der Waals surface area contributed by atoms with E-state index >= 15 is 0 Å². The van der Waals surface area contributed by atoms with Crippen LogP contribution >= 0.6 is 0 Å². The van der Waals surface area contributed by atoms with Gasteiger partial charge in [-0.25, -0.2) is 9.78 Å². The molecule has 1 saturated heterocycles. The molecule has 0 aromatic carbocycles. The van der Waals surface area contributed by atoms with E-state index in [-0.39, 0.29) is 11.9 Å². The summed E-state index contributed by atoms with van der Waals surface area (Å²) in [6.45, 7) is 5.27. The van der Waals surface area contributed by atoms with Crippen LogP contribution in [0.4, 0.5) is 4.79 Å². The van der Waals surface area contributed by atoms with Crippen molar-refractivity contribution in [2.45, 2.75) is 39.0 Å². The molecule has 0 saturated carbocycles. The molecule has 2 rings (SSSR count). The van der Waals surface area contributed by atoms with Crippen LogP contribution in [0.2, 0.25) is 0 Å². The van der Waals surface area contributed by atoms with E-state index in [1.54, 1.807) is 16.0 Å². The van der Waals surface area contributed by atoms with Crippen LogP contribution in [-0.4, -0.2) is 64.4 Å². The van der Waals surface area contributed by atoms with E-state index < -0.39 is 0 Å². The number of rotatable bonds is 6. The first-order valence-electron chi connectivity index (χ1n) is 8.80. The van der Waals surface area contributed by atoms with Gasteiger partial charge in [-0.3, -0.25) is 9.78 Å². The minimum Gasteiger partial charge on any atom is -0.338 e. The number of urea groups is 1. The molecule has 1 aromatic rings. The molecule has 7 heteroatoms. The Balaban J connectivity index is 1.77. The molecule has 1 N–H and O–H groups in total. The van der Waals surface area contributed by atoms with Crippen LogP contribution in [0.5, 0.6) is 0 Å². The highest BCUT2D eigenvalue weighted by molar-refractivity contribution is 5.92. The van der Waals surface area contributed by atoms with Gasteiger partial charge in [0.1, 0.15) is 5.69 Å². The molecule has 1 aliphatic heterocycles. The van der Waals surface area contributed by atoms with Crippen molar-refractivity contribution in [1.82, 2.24) is 25.1 Å². The van der Waals surface area contributed by atoms with Crippen LogP contribution in [0.3, 0.4) is 0 Å². The van der Waals surface area contributed by atoms with Crippen LogP contribution in [-0.2, 0) is 0 Å². The fourth-order valence-electron chi connectivity index (χ4n) is 2.75. The lowest BCUT2D eigenvalue weighted by molar-refractivity contribution is 0.0756. The number of nitrogens with zero attached hydrogens (tertiary/aromatic N) is 4. The van der Waals surface area contributed by atoms with Gasteiger partial charge in [0.15, 0.2) is 0 Å². The van der Waals surface area contributed by atoms with Crippen molar-refractivity contribution < 1.29 is 9.59 Å². The van der Waals surface area contributed by atoms with Gasteiger partial charge in [-0.15, -0.1) is 0 Å². The van der Waals surface area contributed by atoms with Crippen LogP contribution in [0, 0.1) is 0 Å². The highest BCUT2D eigenvalue weighted by Gasteiger charge is 2.23. The zero-order valence-corrected chi connectivity index (χ0v) is 14.4. The van der Waals surface area contributed by atoms with Gasteiger partial charge >= 0.3 is 6.03 Å². The Hall–Kier alpha value is -2.18. The molecule has 1 aliphatic rings. The van der Waals surface area contributed by atoms with Gasteiger partial charge in [0.25, 0.3) is 5.91 Å². The first-order valence-corrected chi connectivity index (χ1v) is 8.80. The monoisotopic (exact) mass is 333 g/mol. The number of unbranched alkanes of at least 4 members (excludes halogenated alkanes) is 3. The van der Waals surface area contributed by atoms with Crippen LogP contribution < -0.4 is 5.32 Å². The van der Waals surface area contributed by atoms with E-state index in [2.05, 4.69) is 22.2 Å². The minimum absolute atomic E-state index is 0.0275. The largest absolute Gasteiger partial charge is 0.338 e. The molecule has 0 bridgehead atoms. The van der Waals surface area contributed by atoms with Crippen molar-refractivity contribution in [3.63, 3.8) is 0 Å². The zero-order valence-electron chi connectivity index (χ0n) is 14.4. The van der Waals surface area contributed by atoms with Gasteiger partial charge < -0.3 is 15.1 Å². The van der Waals surface area contributed by atoms with E-state index in [0.29, 0.717) is 31.9 Å². The lowest BCUT2D eigenvalue weighted by Gasteiger charge is -2.22. The fourth-order valence-corrected chi connectivity index (χ4v) is 2.75. The van der Waals surface area contributed by atoms with Gasteiger partial charge in [-0.2, -0.15) is 0 Å². The topological polar surface area (TPSA) is 78.4 Å². The van der Waals surface area contributed by atoms with Crippen LogP contribution in [0.25, 0.3) is 0 Å². The second kappa shape index (κ2) is 9.85. The molecule has 0 aliphatic carbocycles. The Morgan fingerprint density at radius 1 is 1.08 bits per heavy atom. The molecule has 24 heavy (non-hydrogen) atoms. The highest BCUT2D eigenvalue weighted by atomic mass is 16.2. The minimum atomic E-state index is -0.120. The van der Waals surface area contributed by atoms with Crippen molar-refractivity contribution in [3.8, 4) is 0 Å². The number of aromatic nitrogens is 2. The lowest BCUT2D eigenvalue weighted by atomic mass is 10.2. The molecule has 1 fully saturated rings. The molecule has 132 valence electrons. The van der Waals surface area contributed by atoms with E-state index in [1.165, 1.54) is 25.2 Å². The molecule has 3 amide bonds. The summed E-state index contributed by atoms with van der Waals surface area (Å²) in [6.07, 6.45) is 9.88. The van der Waals surface area contributed by atoms with E-state index in [1.807, 2.05) is 0 Å². The second-order valence-electron chi connectivity index (χ2n) is 6.02. The number of hydrogen-bond acceptors (Lipinski definition) is 4. The number of carbonyl (C=O) groups is 2. The van der Waals surface area contributed by atoms with Crippen molar-refractivity contribution in [1.29, 1.82) is 0 Å². The standard InChI is InChI=1S/C17H27N5O2/c1-2-3-4-5-7-20-17(24)22-11-6-10-21(12-13-22)16(23)15-14-18-8-9-19-15/h8-9,14H,2-7,10-13H2,1H3,(H,20,24). The molecule has 2 heterocycles. The second-order valence-corrected chi connectivity index (χ2v) is 6.02. The average molecular weight is 333 g/mol. The molecule has 0 unspecified atom stereocenters. The van der Waals surface area contributed by atoms with Gasteiger partial charge in [0, 0.05) is 45.1 Å². The maximum Gasteiger partial charge on any atom is 0.317 e. The van der Waals surface area contributed by atoms with E-state index in [9.17, 15) is 9.59 Å². The quantitative estimate of drug-likeness (QED) is 0.807. The Morgan fingerprint density at radius 3 is 2.62 bits per heavy atom. The lowest BCUT2D eigenvalue weighted by Crippen LogP contribution is -2.43. The first kappa shape index (κ1) is 18.2. The summed E-state index contributed by atoms with van der Waals surface area (Å²) in [7, 11) is 0. The van der Waals surface area contributed by atoms with Crippen LogP contribution in [0.1, 0.15) is 49.5 Å². The number of carbonyl (C=O) groups excluding carboxylic acids is 2. The maximum atomic E-state index is 12.4. The van der Waals surface area contributed by atoms with Gasteiger partial charge in [-0.05, 0) is 12.8 Å². The van der Waals surface area contributed by atoms with E-state index in [0.717, 1.165) is 25.8 Å². The third-order valence-electron chi connectivity index (χ3n) is 4.16. The average Bonchev–Trinajstić information content (AvgIpc) is 2.88. The first-order chi connectivity index (χ1) is 11.7. The summed E-state index contributed by atoms with van der Waals surface area (Å²) < 4.78 is 0.